The van der Waals surface area contributed by atoms with Crippen molar-refractivity contribution < 1.29 is 47.4 Å². The molecule has 3 aliphatic rings. The number of hydrogen-bond acceptors (Lipinski definition) is 10. The minimum Gasteiger partial charge on any atom is -0.497 e. The maximum Gasteiger partial charge on any atom is 0.164 e. The first-order chi connectivity index (χ1) is 22.1. The highest BCUT2D eigenvalue weighted by atomic mass is 16.8. The van der Waals surface area contributed by atoms with E-state index in [0.29, 0.717) is 39.1 Å². The molecule has 0 bridgehead atoms. The van der Waals surface area contributed by atoms with Gasteiger partial charge in [-0.2, -0.15) is 0 Å². The highest BCUT2D eigenvalue weighted by molar-refractivity contribution is 5.49. The number of rotatable bonds is 14. The van der Waals surface area contributed by atoms with Crippen molar-refractivity contribution in [2.24, 2.45) is 0 Å². The van der Waals surface area contributed by atoms with E-state index in [9.17, 15) is 4.79 Å². The molecule has 5 rings (SSSR count). The van der Waals surface area contributed by atoms with E-state index in [1.807, 2.05) is 88.4 Å². The van der Waals surface area contributed by atoms with E-state index < -0.39 is 36.0 Å². The van der Waals surface area contributed by atoms with E-state index in [2.05, 4.69) is 0 Å². The lowest BCUT2D eigenvalue weighted by Gasteiger charge is -2.45. The van der Waals surface area contributed by atoms with E-state index in [1.54, 1.807) is 14.2 Å². The highest BCUT2D eigenvalue weighted by Gasteiger charge is 2.54. The minimum absolute atomic E-state index is 0.302. The average Bonchev–Trinajstić information content (AvgIpc) is 3.58. The molecular weight excluding hydrogens is 592 g/mol. The van der Waals surface area contributed by atoms with Gasteiger partial charge in [-0.1, -0.05) is 36.4 Å². The van der Waals surface area contributed by atoms with Gasteiger partial charge in [-0.3, -0.25) is 0 Å². The third-order valence-corrected chi connectivity index (χ3v) is 8.42. The van der Waals surface area contributed by atoms with Crippen molar-refractivity contribution >= 4 is 6.29 Å². The Kier molecular flexibility index (Phi) is 11.5. The Bertz CT molecular complexity index is 1270. The molecule has 10 nitrogen and oxygen atoms in total. The summed E-state index contributed by atoms with van der Waals surface area (Å²) in [5, 5.41) is 0. The normalized spacial score (nSPS) is 30.4. The molecule has 3 aliphatic heterocycles. The number of benzene rings is 2. The zero-order valence-electron chi connectivity index (χ0n) is 27.7. The van der Waals surface area contributed by atoms with Crippen LogP contribution in [0, 0.1) is 0 Å². The van der Waals surface area contributed by atoms with Gasteiger partial charge in [0.2, 0.25) is 0 Å². The van der Waals surface area contributed by atoms with Crippen molar-refractivity contribution in [1.82, 2.24) is 0 Å². The van der Waals surface area contributed by atoms with Gasteiger partial charge in [0.1, 0.15) is 48.3 Å². The van der Waals surface area contributed by atoms with E-state index >= 15 is 0 Å². The summed E-state index contributed by atoms with van der Waals surface area (Å²) in [6, 6.07) is 15.6. The molecule has 3 saturated heterocycles. The van der Waals surface area contributed by atoms with E-state index in [-0.39, 0.29) is 18.3 Å². The van der Waals surface area contributed by atoms with Crippen LogP contribution in [0.1, 0.15) is 58.1 Å². The minimum atomic E-state index is -0.865. The quantitative estimate of drug-likeness (QED) is 0.149. The fourth-order valence-electron chi connectivity index (χ4n) is 6.13. The zero-order chi connectivity index (χ0) is 32.7. The molecule has 0 spiro atoms. The number of unbranched alkanes of at least 4 members (excludes halogenated alkanes) is 1. The van der Waals surface area contributed by atoms with Gasteiger partial charge in [0.15, 0.2) is 11.6 Å². The third-order valence-electron chi connectivity index (χ3n) is 8.42. The summed E-state index contributed by atoms with van der Waals surface area (Å²) in [6.07, 6.45) is 3.33. The van der Waals surface area contributed by atoms with Crippen molar-refractivity contribution in [3.8, 4) is 11.5 Å². The van der Waals surface area contributed by atoms with Gasteiger partial charge in [0.05, 0.1) is 46.2 Å². The Morgan fingerprint density at radius 2 is 1.39 bits per heavy atom. The Balaban J connectivity index is 1.45. The number of ether oxygens (including phenoxy) is 9. The molecule has 7 atom stereocenters. The van der Waals surface area contributed by atoms with Crippen LogP contribution in [0.4, 0.5) is 0 Å². The molecular formula is C36H48O10. The summed E-state index contributed by atoms with van der Waals surface area (Å²) in [5.74, 6) is -0.0280. The number of carbonyl (C=O) groups is 1. The molecule has 2 aromatic carbocycles. The van der Waals surface area contributed by atoms with Gasteiger partial charge in [-0.25, -0.2) is 0 Å². The smallest absolute Gasteiger partial charge is 0.164 e. The first-order valence-corrected chi connectivity index (χ1v) is 16.0. The Hall–Kier alpha value is -2.83. The van der Waals surface area contributed by atoms with Crippen molar-refractivity contribution in [1.29, 1.82) is 0 Å². The van der Waals surface area contributed by atoms with Crippen LogP contribution in [0.5, 0.6) is 11.5 Å². The zero-order valence-corrected chi connectivity index (χ0v) is 27.7. The van der Waals surface area contributed by atoms with E-state index in [1.165, 1.54) is 0 Å². The second-order valence-corrected chi connectivity index (χ2v) is 12.8. The molecule has 0 aromatic heterocycles. The van der Waals surface area contributed by atoms with Gasteiger partial charge >= 0.3 is 0 Å². The predicted octanol–water partition coefficient (Wildman–Crippen LogP) is 5.54. The van der Waals surface area contributed by atoms with Crippen LogP contribution in [0.3, 0.4) is 0 Å². The second kappa shape index (κ2) is 15.4. The number of aldehydes is 1. The molecule has 10 heteroatoms. The Morgan fingerprint density at radius 1 is 0.761 bits per heavy atom. The van der Waals surface area contributed by atoms with Crippen molar-refractivity contribution in [3.05, 3.63) is 71.8 Å². The molecule has 0 amide bonds. The van der Waals surface area contributed by atoms with Gasteiger partial charge in [-0.15, -0.1) is 0 Å². The lowest BCUT2D eigenvalue weighted by molar-refractivity contribution is -0.258. The van der Waals surface area contributed by atoms with Crippen LogP contribution in [0.25, 0.3) is 0 Å². The van der Waals surface area contributed by atoms with E-state index in [0.717, 1.165) is 28.9 Å². The van der Waals surface area contributed by atoms with Gasteiger partial charge in [0, 0.05) is 12.8 Å². The molecule has 3 heterocycles. The molecule has 0 unspecified atom stereocenters. The molecule has 252 valence electrons. The van der Waals surface area contributed by atoms with Crippen LogP contribution in [-0.4, -0.2) is 81.4 Å². The van der Waals surface area contributed by atoms with Crippen LogP contribution in [-0.2, 0) is 51.2 Å². The summed E-state index contributed by atoms with van der Waals surface area (Å²) in [4.78, 5) is 10.9. The standard InChI is InChI=1S/C36H48O10/c1-35(2)42-23-31(45-35)29-20-30(40-21-24-11-15-26(38-5)16-12-24)32(41-22-25-13-17-27(39-6)18-14-25)34(43-29)33-28(10-8-7-9-19-37)44-36(3,4)46-33/h8,10-19,28-34H,7,9,20-23H2,1-6H3/b10-8+/t28-,29-,30-,31-,32-,33+,34-/m1/s1. The van der Waals surface area contributed by atoms with Crippen LogP contribution in [0.15, 0.2) is 60.7 Å². The van der Waals surface area contributed by atoms with Gasteiger partial charge < -0.3 is 47.4 Å². The first-order valence-electron chi connectivity index (χ1n) is 16.0. The number of methoxy groups -OCH3 is 2. The fraction of sp³-hybridized carbons (Fsp3) is 0.583. The average molecular weight is 641 g/mol. The SMILES string of the molecule is COc1ccc(CO[C@H]2[C@H]([C@H]3OC(C)(C)O[C@@H]3/C=C/CCC=O)O[C@@H]([C@H]3COC(C)(C)O3)C[C@H]2OCc2ccc(OC)cc2)cc1. The van der Waals surface area contributed by atoms with Crippen molar-refractivity contribution in [2.75, 3.05) is 20.8 Å². The van der Waals surface area contributed by atoms with Crippen LogP contribution >= 0.6 is 0 Å². The first kappa shape index (κ1) is 34.5. The van der Waals surface area contributed by atoms with Gasteiger partial charge in [-0.05, 0) is 69.5 Å². The molecule has 0 N–H and O–H groups in total. The largest absolute Gasteiger partial charge is 0.497 e. The topological polar surface area (TPSA) is 100 Å². The fourth-order valence-corrected chi connectivity index (χ4v) is 6.13. The molecule has 3 fully saturated rings. The lowest BCUT2D eigenvalue weighted by atomic mass is 9.90. The Morgan fingerprint density at radius 3 is 1.96 bits per heavy atom. The summed E-state index contributed by atoms with van der Waals surface area (Å²) >= 11 is 0. The molecule has 46 heavy (non-hydrogen) atoms. The van der Waals surface area contributed by atoms with Gasteiger partial charge in [0.25, 0.3) is 0 Å². The van der Waals surface area contributed by atoms with E-state index in [4.69, 9.17) is 42.6 Å². The monoisotopic (exact) mass is 640 g/mol. The highest BCUT2D eigenvalue weighted by Crippen LogP contribution is 2.40. The molecule has 0 saturated carbocycles. The summed E-state index contributed by atoms with van der Waals surface area (Å²) in [6.45, 7) is 8.68. The maximum absolute atomic E-state index is 10.9. The lowest BCUT2D eigenvalue weighted by Crippen LogP contribution is -2.59. The molecule has 2 aromatic rings. The number of carbonyl (C=O) groups excluding carboxylic acids is 1. The summed E-state index contributed by atoms with van der Waals surface area (Å²) in [5.41, 5.74) is 1.99. The summed E-state index contributed by atoms with van der Waals surface area (Å²) < 4.78 is 56.2. The predicted molar refractivity (Wildman–Crippen MR) is 170 cm³/mol. The second-order valence-electron chi connectivity index (χ2n) is 12.8. The van der Waals surface area contributed by atoms with Crippen LogP contribution in [0.2, 0.25) is 0 Å². The number of allylic oxidation sites excluding steroid dienone is 1. The van der Waals surface area contributed by atoms with Crippen molar-refractivity contribution in [2.45, 2.75) is 114 Å². The molecule has 0 aliphatic carbocycles. The summed E-state index contributed by atoms with van der Waals surface area (Å²) in [7, 11) is 3.29. The maximum atomic E-state index is 10.9. The Labute approximate surface area is 272 Å². The molecule has 0 radical (unpaired) electrons. The number of hydrogen-bond donors (Lipinski definition) is 0. The van der Waals surface area contributed by atoms with Crippen LogP contribution < -0.4 is 9.47 Å². The third kappa shape index (κ3) is 8.95. The van der Waals surface area contributed by atoms with Crippen molar-refractivity contribution in [3.63, 3.8) is 0 Å².